The number of carboxylic acid groups (broad SMARTS) is 1. The topological polar surface area (TPSA) is 116 Å². The molecule has 7 nitrogen and oxygen atoms in total. The zero-order valence-corrected chi connectivity index (χ0v) is 10.9. The molecule has 0 aliphatic heterocycles. The number of carboxylic acids is 1. The molecule has 8 heteroatoms. The summed E-state index contributed by atoms with van der Waals surface area (Å²) in [6.45, 7) is 0. The molecule has 2 rings (SSSR count). The SMILES string of the molecule is O=C([O-])[C@@H](Cc1c[nH]c(=O)s1)c1ccc([N+](=O)[O-])cc1. The first-order valence-corrected chi connectivity index (χ1v) is 6.41. The predicted molar refractivity (Wildman–Crippen MR) is 69.5 cm³/mol. The molecule has 2 aromatic rings. The van der Waals surface area contributed by atoms with Crippen LogP contribution in [0.2, 0.25) is 0 Å². The second kappa shape index (κ2) is 5.66. The maximum atomic E-state index is 11.2. The summed E-state index contributed by atoms with van der Waals surface area (Å²) < 4.78 is 0. The quantitative estimate of drug-likeness (QED) is 0.633. The first-order valence-electron chi connectivity index (χ1n) is 5.60. The van der Waals surface area contributed by atoms with Gasteiger partial charge in [0.15, 0.2) is 0 Å². The summed E-state index contributed by atoms with van der Waals surface area (Å²) in [6, 6.07) is 5.25. The molecule has 0 bridgehead atoms. The minimum atomic E-state index is -1.29. The van der Waals surface area contributed by atoms with Crippen LogP contribution < -0.4 is 9.98 Å². The van der Waals surface area contributed by atoms with Gasteiger partial charge in [-0.1, -0.05) is 23.5 Å². The number of carbonyl (C=O) groups excluding carboxylic acids is 1. The lowest BCUT2D eigenvalue weighted by molar-refractivity contribution is -0.384. The Morgan fingerprint density at radius 2 is 2.00 bits per heavy atom. The Hall–Kier alpha value is -2.48. The number of carbonyl (C=O) groups is 1. The van der Waals surface area contributed by atoms with Gasteiger partial charge >= 0.3 is 4.87 Å². The lowest BCUT2D eigenvalue weighted by Crippen LogP contribution is -2.30. The van der Waals surface area contributed by atoms with Gasteiger partial charge in [-0.2, -0.15) is 0 Å². The average molecular weight is 293 g/mol. The summed E-state index contributed by atoms with van der Waals surface area (Å²) in [4.78, 5) is 35.0. The van der Waals surface area contributed by atoms with Crippen LogP contribution in [-0.4, -0.2) is 15.9 Å². The number of nitro benzene ring substituents is 1. The van der Waals surface area contributed by atoms with E-state index in [2.05, 4.69) is 4.98 Å². The van der Waals surface area contributed by atoms with Crippen LogP contribution in [0.1, 0.15) is 16.4 Å². The van der Waals surface area contributed by atoms with Gasteiger partial charge in [0.2, 0.25) is 0 Å². The summed E-state index contributed by atoms with van der Waals surface area (Å²) in [5.74, 6) is -2.25. The summed E-state index contributed by atoms with van der Waals surface area (Å²) in [6.07, 6.45) is 1.55. The summed E-state index contributed by atoms with van der Waals surface area (Å²) in [7, 11) is 0. The normalized spacial score (nSPS) is 12.0. The molecule has 1 atom stereocenters. The zero-order valence-electron chi connectivity index (χ0n) is 10.1. The maximum Gasteiger partial charge on any atom is 0.304 e. The van der Waals surface area contributed by atoms with Crippen LogP contribution in [0.25, 0.3) is 0 Å². The van der Waals surface area contributed by atoms with Crippen molar-refractivity contribution >= 4 is 23.0 Å². The number of non-ortho nitro benzene ring substituents is 1. The summed E-state index contributed by atoms with van der Waals surface area (Å²) >= 11 is 0.926. The van der Waals surface area contributed by atoms with Crippen molar-refractivity contribution in [2.24, 2.45) is 0 Å². The number of hydrogen-bond acceptors (Lipinski definition) is 6. The van der Waals surface area contributed by atoms with E-state index in [1.165, 1.54) is 30.5 Å². The van der Waals surface area contributed by atoms with Crippen LogP contribution in [0, 0.1) is 10.1 Å². The predicted octanol–water partition coefficient (Wildman–Crippen LogP) is 0.421. The number of aromatic nitrogens is 1. The van der Waals surface area contributed by atoms with Gasteiger partial charge in [-0.05, 0) is 12.0 Å². The number of hydrogen-bond donors (Lipinski definition) is 1. The van der Waals surface area contributed by atoms with E-state index in [4.69, 9.17) is 0 Å². The molecule has 0 aliphatic carbocycles. The van der Waals surface area contributed by atoms with Crippen molar-refractivity contribution in [2.75, 3.05) is 0 Å². The van der Waals surface area contributed by atoms with Crippen LogP contribution in [0.5, 0.6) is 0 Å². The number of rotatable bonds is 5. The Labute approximate surface area is 116 Å². The average Bonchev–Trinajstić information content (AvgIpc) is 2.81. The number of nitrogens with one attached hydrogen (secondary N) is 1. The molecule has 0 saturated heterocycles. The molecule has 0 radical (unpaired) electrons. The molecule has 1 N–H and O–H groups in total. The molecular weight excluding hydrogens is 284 g/mol. The van der Waals surface area contributed by atoms with Crippen molar-refractivity contribution in [1.82, 2.24) is 4.98 Å². The Bertz CT molecular complexity index is 688. The van der Waals surface area contributed by atoms with Crippen LogP contribution in [0.15, 0.2) is 35.3 Å². The molecule has 0 unspecified atom stereocenters. The molecule has 1 heterocycles. The number of nitro groups is 1. The summed E-state index contributed by atoms with van der Waals surface area (Å²) in [5.41, 5.74) is 0.286. The smallest absolute Gasteiger partial charge is 0.304 e. The third-order valence-corrected chi connectivity index (χ3v) is 3.62. The van der Waals surface area contributed by atoms with Gasteiger partial charge in [0.1, 0.15) is 0 Å². The van der Waals surface area contributed by atoms with E-state index < -0.39 is 16.8 Å². The van der Waals surface area contributed by atoms with Gasteiger partial charge in [-0.25, -0.2) is 0 Å². The highest BCUT2D eigenvalue weighted by Crippen LogP contribution is 2.23. The van der Waals surface area contributed by atoms with Gasteiger partial charge in [0.05, 0.1) is 4.92 Å². The first-order chi connectivity index (χ1) is 9.47. The van der Waals surface area contributed by atoms with Crippen molar-refractivity contribution in [1.29, 1.82) is 0 Å². The minimum absolute atomic E-state index is 0.101. The van der Waals surface area contributed by atoms with Crippen molar-refractivity contribution in [3.8, 4) is 0 Å². The fraction of sp³-hybridized carbons (Fsp3) is 0.167. The van der Waals surface area contributed by atoms with E-state index in [-0.39, 0.29) is 17.0 Å². The number of H-pyrrole nitrogens is 1. The molecule has 1 aromatic heterocycles. The molecule has 1 aromatic carbocycles. The monoisotopic (exact) mass is 293 g/mol. The Kier molecular flexibility index (Phi) is 3.94. The van der Waals surface area contributed by atoms with Crippen molar-refractivity contribution < 1.29 is 14.8 Å². The third kappa shape index (κ3) is 3.09. The van der Waals surface area contributed by atoms with Crippen LogP contribution in [0.4, 0.5) is 5.69 Å². The molecule has 0 saturated carbocycles. The zero-order chi connectivity index (χ0) is 14.7. The molecule has 0 aliphatic rings. The van der Waals surface area contributed by atoms with Crippen LogP contribution in [0.3, 0.4) is 0 Å². The molecule has 0 amide bonds. The molecule has 0 fully saturated rings. The third-order valence-electron chi connectivity index (χ3n) is 2.77. The Balaban J connectivity index is 2.26. The molecule has 104 valence electrons. The molecule has 20 heavy (non-hydrogen) atoms. The van der Waals surface area contributed by atoms with Gasteiger partial charge < -0.3 is 14.9 Å². The number of aromatic amines is 1. The lowest BCUT2D eigenvalue weighted by atomic mass is 9.95. The van der Waals surface area contributed by atoms with Gasteiger partial charge in [-0.3, -0.25) is 14.9 Å². The van der Waals surface area contributed by atoms with Crippen molar-refractivity contribution in [2.45, 2.75) is 12.3 Å². The number of aliphatic carboxylic acids is 1. The second-order valence-corrected chi connectivity index (χ2v) is 5.17. The van der Waals surface area contributed by atoms with Gasteiger partial charge in [0.25, 0.3) is 5.69 Å². The van der Waals surface area contributed by atoms with Crippen molar-refractivity contribution in [3.05, 3.63) is 60.7 Å². The highest BCUT2D eigenvalue weighted by Gasteiger charge is 2.16. The van der Waals surface area contributed by atoms with Crippen LogP contribution >= 0.6 is 11.3 Å². The highest BCUT2D eigenvalue weighted by molar-refractivity contribution is 7.09. The van der Waals surface area contributed by atoms with Gasteiger partial charge in [0, 0.05) is 35.1 Å². The highest BCUT2D eigenvalue weighted by atomic mass is 32.1. The van der Waals surface area contributed by atoms with E-state index in [9.17, 15) is 24.8 Å². The lowest BCUT2D eigenvalue weighted by Gasteiger charge is -2.17. The number of nitrogens with zero attached hydrogens (tertiary/aromatic N) is 1. The number of thiazole rings is 1. The van der Waals surface area contributed by atoms with Crippen molar-refractivity contribution in [3.63, 3.8) is 0 Å². The largest absolute Gasteiger partial charge is 0.549 e. The Morgan fingerprint density at radius 3 is 2.45 bits per heavy atom. The molecule has 0 spiro atoms. The standard InChI is InChI=1S/C12H10N2O5S/c15-11(16)10(5-9-6-13-12(17)20-9)7-1-3-8(4-2-7)14(18)19/h1-4,6,10H,5H2,(H,13,17)(H,15,16)/p-1/t10-/m0/s1. The van der Waals surface area contributed by atoms with E-state index in [1.807, 2.05) is 0 Å². The summed E-state index contributed by atoms with van der Waals surface area (Å²) in [5, 5.41) is 21.8. The van der Waals surface area contributed by atoms with E-state index in [1.54, 1.807) is 0 Å². The maximum absolute atomic E-state index is 11.2. The van der Waals surface area contributed by atoms with E-state index in [0.717, 1.165) is 11.3 Å². The van der Waals surface area contributed by atoms with E-state index >= 15 is 0 Å². The fourth-order valence-corrected chi connectivity index (χ4v) is 2.51. The minimum Gasteiger partial charge on any atom is -0.549 e. The first kappa shape index (κ1) is 13.9. The number of benzene rings is 1. The van der Waals surface area contributed by atoms with Crippen LogP contribution in [-0.2, 0) is 11.2 Å². The molecular formula is C12H9N2O5S-. The Morgan fingerprint density at radius 1 is 1.35 bits per heavy atom. The van der Waals surface area contributed by atoms with E-state index in [0.29, 0.717) is 10.4 Å². The second-order valence-electron chi connectivity index (χ2n) is 4.07. The fourth-order valence-electron chi connectivity index (χ4n) is 1.78. The van der Waals surface area contributed by atoms with Gasteiger partial charge in [-0.15, -0.1) is 0 Å².